The number of thiol groups is 1. The summed E-state index contributed by atoms with van der Waals surface area (Å²) >= 11 is 7.62. The smallest absolute Gasteiger partial charge is 0.146 e. The van der Waals surface area contributed by atoms with Crippen molar-refractivity contribution in [1.29, 1.82) is 5.41 Å². The summed E-state index contributed by atoms with van der Waals surface area (Å²) in [6.45, 7) is 3.92. The summed E-state index contributed by atoms with van der Waals surface area (Å²) in [4.78, 5) is 13.7. The Balaban J connectivity index is 1.97. The van der Waals surface area contributed by atoms with Gasteiger partial charge in [0.2, 0.25) is 0 Å². The van der Waals surface area contributed by atoms with Crippen molar-refractivity contribution in [3.05, 3.63) is 30.1 Å². The molecular formula is C16H20BrN7S. The third kappa shape index (κ3) is 4.05. The third-order valence-corrected chi connectivity index (χ3v) is 4.85. The molecule has 1 aromatic carbocycles. The topological polar surface area (TPSA) is 94.2 Å². The van der Waals surface area contributed by atoms with E-state index in [0.29, 0.717) is 11.4 Å². The summed E-state index contributed by atoms with van der Waals surface area (Å²) in [7, 11) is 2.13. The van der Waals surface area contributed by atoms with E-state index in [4.69, 9.17) is 11.1 Å². The largest absolute Gasteiger partial charge is 0.383 e. The van der Waals surface area contributed by atoms with Crippen LogP contribution in [0.2, 0.25) is 0 Å². The van der Waals surface area contributed by atoms with Gasteiger partial charge in [-0.05, 0) is 41.2 Å². The number of anilines is 4. The van der Waals surface area contributed by atoms with Crippen molar-refractivity contribution in [2.24, 2.45) is 0 Å². The lowest BCUT2D eigenvalue weighted by atomic mass is 10.2. The Hall–Kier alpha value is -1.84. The number of halogens is 1. The molecule has 7 nitrogen and oxygen atoms in total. The van der Waals surface area contributed by atoms with E-state index in [0.717, 1.165) is 42.4 Å². The normalized spacial score (nSPS) is 15.2. The average Bonchev–Trinajstić information content (AvgIpc) is 2.56. The van der Waals surface area contributed by atoms with Gasteiger partial charge in [-0.25, -0.2) is 9.97 Å². The Morgan fingerprint density at radius 2 is 2.00 bits per heavy atom. The lowest BCUT2D eigenvalue weighted by Crippen LogP contribution is -2.44. The molecule has 0 aliphatic carbocycles. The van der Waals surface area contributed by atoms with E-state index >= 15 is 0 Å². The number of likely N-dealkylation sites (N-methyl/N-ethyl adjacent to an activating group) is 1. The first-order chi connectivity index (χ1) is 12.0. The van der Waals surface area contributed by atoms with Gasteiger partial charge in [0.25, 0.3) is 0 Å². The average molecular weight is 422 g/mol. The van der Waals surface area contributed by atoms with Crippen LogP contribution in [-0.2, 0) is 0 Å². The van der Waals surface area contributed by atoms with Crippen LogP contribution in [0.3, 0.4) is 0 Å². The summed E-state index contributed by atoms with van der Waals surface area (Å²) in [6.07, 6.45) is 1.39. The van der Waals surface area contributed by atoms with Crippen LogP contribution >= 0.6 is 28.6 Å². The van der Waals surface area contributed by atoms with Crippen molar-refractivity contribution in [1.82, 2.24) is 14.9 Å². The minimum atomic E-state index is 0.135. The lowest BCUT2D eigenvalue weighted by molar-refractivity contribution is 0.313. The molecular weight excluding hydrogens is 402 g/mol. The highest BCUT2D eigenvalue weighted by Crippen LogP contribution is 2.33. The van der Waals surface area contributed by atoms with E-state index in [1.807, 2.05) is 12.1 Å². The van der Waals surface area contributed by atoms with E-state index in [1.54, 1.807) is 0 Å². The maximum absolute atomic E-state index is 7.88. The molecule has 0 atom stereocenters. The van der Waals surface area contributed by atoms with Crippen LogP contribution in [0.25, 0.3) is 0 Å². The zero-order chi connectivity index (χ0) is 18.0. The number of hydrogen-bond acceptors (Lipinski definition) is 8. The van der Waals surface area contributed by atoms with Crippen LogP contribution < -0.4 is 16.0 Å². The minimum Gasteiger partial charge on any atom is -0.383 e. The van der Waals surface area contributed by atoms with Gasteiger partial charge < -0.3 is 20.9 Å². The van der Waals surface area contributed by atoms with Gasteiger partial charge in [-0.2, -0.15) is 0 Å². The number of nitrogens with zero attached hydrogens (tertiary/aromatic N) is 4. The molecule has 3 rings (SSSR count). The molecule has 1 aromatic heterocycles. The first-order valence-corrected chi connectivity index (χ1v) is 9.08. The molecule has 0 unspecified atom stereocenters. The fourth-order valence-electron chi connectivity index (χ4n) is 2.79. The summed E-state index contributed by atoms with van der Waals surface area (Å²) in [5, 5.41) is 11.2. The first-order valence-electron chi connectivity index (χ1n) is 7.84. The maximum Gasteiger partial charge on any atom is 0.146 e. The molecule has 1 saturated heterocycles. The van der Waals surface area contributed by atoms with Crippen LogP contribution in [0.4, 0.5) is 23.0 Å². The number of piperazine rings is 1. The lowest BCUT2D eigenvalue weighted by Gasteiger charge is -2.35. The van der Waals surface area contributed by atoms with Crippen molar-refractivity contribution in [2.45, 2.75) is 4.90 Å². The molecule has 0 saturated carbocycles. The zero-order valence-corrected chi connectivity index (χ0v) is 16.3. The molecule has 2 aromatic rings. The van der Waals surface area contributed by atoms with E-state index in [2.05, 4.69) is 66.8 Å². The Labute approximate surface area is 160 Å². The van der Waals surface area contributed by atoms with Gasteiger partial charge in [-0.3, -0.25) is 5.41 Å². The molecule has 9 heteroatoms. The highest BCUT2D eigenvalue weighted by Gasteiger charge is 2.19. The highest BCUT2D eigenvalue weighted by molar-refractivity contribution is 9.18. The van der Waals surface area contributed by atoms with Crippen molar-refractivity contribution in [3.63, 3.8) is 0 Å². The molecule has 132 valence electrons. The molecule has 0 spiro atoms. The van der Waals surface area contributed by atoms with Gasteiger partial charge in [0, 0.05) is 31.1 Å². The third-order valence-electron chi connectivity index (χ3n) is 4.17. The van der Waals surface area contributed by atoms with Crippen molar-refractivity contribution >= 4 is 56.2 Å². The van der Waals surface area contributed by atoms with Gasteiger partial charge in [0.05, 0.1) is 16.9 Å². The second kappa shape index (κ2) is 7.59. The number of hydrogen-bond donors (Lipinski definition) is 4. The predicted octanol–water partition coefficient (Wildman–Crippen LogP) is 2.56. The van der Waals surface area contributed by atoms with E-state index in [9.17, 15) is 0 Å². The fraction of sp³-hybridized carbons (Fsp3) is 0.312. The molecule has 2 heterocycles. The molecule has 0 amide bonds. The van der Waals surface area contributed by atoms with Gasteiger partial charge >= 0.3 is 0 Å². The molecule has 0 bridgehead atoms. The van der Waals surface area contributed by atoms with Crippen LogP contribution in [0.15, 0.2) is 29.4 Å². The molecule has 1 aliphatic rings. The number of nitrogens with two attached hydrogens (primary N) is 1. The predicted molar refractivity (Wildman–Crippen MR) is 109 cm³/mol. The Morgan fingerprint density at radius 3 is 2.68 bits per heavy atom. The SMILES string of the molecule is CN1CCN(c2ccc(S)cc2Nc2ncnc(N)c2C(=N)Br)CC1. The number of aromatic nitrogens is 2. The standard InChI is InChI=1S/C16H20BrN7S/c1-23-4-6-24(7-5-23)12-3-2-10(25)8-11(12)22-16-13(14(17)18)15(19)20-9-21-16/h2-3,8-9,18,25H,4-7H2,1H3,(H3,19,20,21,22). The van der Waals surface area contributed by atoms with E-state index in [1.165, 1.54) is 6.33 Å². The van der Waals surface area contributed by atoms with Gasteiger partial charge in [0.1, 0.15) is 22.6 Å². The molecule has 1 aliphatic heterocycles. The summed E-state index contributed by atoms with van der Waals surface area (Å²) in [6, 6.07) is 5.99. The zero-order valence-electron chi connectivity index (χ0n) is 13.8. The Bertz CT molecular complexity index is 790. The summed E-state index contributed by atoms with van der Waals surface area (Å²) < 4.78 is 0.135. The van der Waals surface area contributed by atoms with E-state index < -0.39 is 0 Å². The van der Waals surface area contributed by atoms with Gasteiger partial charge in [-0.15, -0.1) is 12.6 Å². The van der Waals surface area contributed by atoms with E-state index in [-0.39, 0.29) is 10.4 Å². The first kappa shape index (κ1) is 18.0. The van der Waals surface area contributed by atoms with Crippen LogP contribution in [0.1, 0.15) is 5.56 Å². The molecule has 4 N–H and O–H groups in total. The second-order valence-corrected chi connectivity index (χ2v) is 7.22. The monoisotopic (exact) mass is 421 g/mol. The Morgan fingerprint density at radius 1 is 1.28 bits per heavy atom. The fourth-order valence-corrected chi connectivity index (χ4v) is 3.38. The number of rotatable bonds is 4. The van der Waals surface area contributed by atoms with Crippen LogP contribution in [0, 0.1) is 5.41 Å². The van der Waals surface area contributed by atoms with Crippen LogP contribution in [0.5, 0.6) is 0 Å². The maximum atomic E-state index is 7.88. The Kier molecular flexibility index (Phi) is 5.45. The van der Waals surface area contributed by atoms with Crippen molar-refractivity contribution in [3.8, 4) is 0 Å². The van der Waals surface area contributed by atoms with Gasteiger partial charge in [-0.1, -0.05) is 0 Å². The number of nitrogens with one attached hydrogen (secondary N) is 2. The van der Waals surface area contributed by atoms with Crippen molar-refractivity contribution in [2.75, 3.05) is 49.2 Å². The summed E-state index contributed by atoms with van der Waals surface area (Å²) in [5.41, 5.74) is 8.31. The molecule has 1 fully saturated rings. The molecule has 0 radical (unpaired) electrons. The molecule has 25 heavy (non-hydrogen) atoms. The van der Waals surface area contributed by atoms with Crippen LogP contribution in [-0.4, -0.2) is 52.7 Å². The quantitative estimate of drug-likeness (QED) is 0.447. The minimum absolute atomic E-state index is 0.135. The number of nitrogen functional groups attached to an aromatic ring is 1. The van der Waals surface area contributed by atoms with Crippen molar-refractivity contribution < 1.29 is 0 Å². The number of benzene rings is 1. The highest BCUT2D eigenvalue weighted by atomic mass is 79.9. The van der Waals surface area contributed by atoms with Gasteiger partial charge in [0.15, 0.2) is 0 Å². The second-order valence-electron chi connectivity index (χ2n) is 5.91. The summed E-state index contributed by atoms with van der Waals surface area (Å²) in [5.74, 6) is 0.742.